The predicted molar refractivity (Wildman–Crippen MR) is 47.9 cm³/mol. The minimum atomic E-state index is 0.649. The summed E-state index contributed by atoms with van der Waals surface area (Å²) in [5.41, 5.74) is 0.900. The van der Waals surface area contributed by atoms with Crippen LogP contribution in [-0.4, -0.2) is 20.2 Å². The summed E-state index contributed by atoms with van der Waals surface area (Å²) in [6.07, 6.45) is 6.74. The van der Waals surface area contributed by atoms with E-state index < -0.39 is 0 Å². The molecule has 0 amide bonds. The second kappa shape index (κ2) is 3.66. The Labute approximate surface area is 75.2 Å². The zero-order valence-electron chi connectivity index (χ0n) is 6.94. The van der Waals surface area contributed by atoms with Gasteiger partial charge in [0.25, 0.3) is 0 Å². The summed E-state index contributed by atoms with van der Waals surface area (Å²) in [7, 11) is 0. The van der Waals surface area contributed by atoms with Crippen molar-refractivity contribution in [2.75, 3.05) is 5.32 Å². The van der Waals surface area contributed by atoms with Crippen molar-refractivity contribution in [3.63, 3.8) is 0 Å². The van der Waals surface area contributed by atoms with Gasteiger partial charge in [0.05, 0.1) is 24.6 Å². The maximum atomic E-state index is 4.12. The van der Waals surface area contributed by atoms with Crippen LogP contribution in [0.3, 0.4) is 0 Å². The summed E-state index contributed by atoms with van der Waals surface area (Å²) in [6.45, 7) is 0.649. The van der Waals surface area contributed by atoms with Crippen molar-refractivity contribution < 1.29 is 0 Å². The number of aromatic amines is 1. The van der Waals surface area contributed by atoms with Crippen LogP contribution in [0.25, 0.3) is 0 Å². The van der Waals surface area contributed by atoms with Crippen LogP contribution >= 0.6 is 0 Å². The Morgan fingerprint density at radius 1 is 1.31 bits per heavy atom. The van der Waals surface area contributed by atoms with Gasteiger partial charge in [0.1, 0.15) is 5.82 Å². The zero-order valence-corrected chi connectivity index (χ0v) is 6.94. The Morgan fingerprint density at radius 2 is 2.31 bits per heavy atom. The molecule has 0 saturated carbocycles. The first kappa shape index (κ1) is 7.72. The Morgan fingerprint density at radius 3 is 3.00 bits per heavy atom. The van der Waals surface area contributed by atoms with E-state index in [9.17, 15) is 0 Å². The standard InChI is InChI=1S/C8H9N5/c1-2-12-13-8(1)11-6-7-5-9-3-4-10-7/h1-5H,6H2,(H2,11,12,13). The number of anilines is 1. The van der Waals surface area contributed by atoms with Crippen LogP contribution in [0.5, 0.6) is 0 Å². The summed E-state index contributed by atoms with van der Waals surface area (Å²) >= 11 is 0. The number of hydrogen-bond donors (Lipinski definition) is 2. The van der Waals surface area contributed by atoms with Gasteiger partial charge in [-0.2, -0.15) is 5.10 Å². The summed E-state index contributed by atoms with van der Waals surface area (Å²) in [5, 5.41) is 9.73. The molecule has 2 heterocycles. The Hall–Kier alpha value is -1.91. The maximum absolute atomic E-state index is 4.12. The minimum Gasteiger partial charge on any atom is -0.365 e. The molecule has 0 aliphatic carbocycles. The molecule has 5 heteroatoms. The molecule has 66 valence electrons. The molecule has 0 aromatic carbocycles. The molecule has 0 radical (unpaired) electrons. The smallest absolute Gasteiger partial charge is 0.121 e. The average Bonchev–Trinajstić information content (AvgIpc) is 2.69. The van der Waals surface area contributed by atoms with Gasteiger partial charge in [0.2, 0.25) is 0 Å². The lowest BCUT2D eigenvalue weighted by atomic mass is 10.4. The lowest BCUT2D eigenvalue weighted by Gasteiger charge is -2.00. The fourth-order valence-corrected chi connectivity index (χ4v) is 0.961. The molecule has 0 aliphatic heterocycles. The molecule has 5 nitrogen and oxygen atoms in total. The van der Waals surface area contributed by atoms with Crippen LogP contribution in [0.1, 0.15) is 5.69 Å². The molecule has 2 aromatic heterocycles. The van der Waals surface area contributed by atoms with Gasteiger partial charge in [-0.3, -0.25) is 15.1 Å². The molecule has 0 bridgehead atoms. The second-order valence-corrected chi connectivity index (χ2v) is 2.52. The highest BCUT2D eigenvalue weighted by Gasteiger charge is 1.94. The molecule has 0 atom stereocenters. The van der Waals surface area contributed by atoms with E-state index >= 15 is 0 Å². The van der Waals surface area contributed by atoms with Crippen LogP contribution in [-0.2, 0) is 6.54 Å². The highest BCUT2D eigenvalue weighted by molar-refractivity contribution is 5.31. The van der Waals surface area contributed by atoms with Gasteiger partial charge in [-0.1, -0.05) is 0 Å². The highest BCUT2D eigenvalue weighted by Crippen LogP contribution is 2.00. The highest BCUT2D eigenvalue weighted by atomic mass is 15.2. The molecule has 2 rings (SSSR count). The van der Waals surface area contributed by atoms with Gasteiger partial charge in [0, 0.05) is 12.4 Å². The third-order valence-electron chi connectivity index (χ3n) is 1.58. The summed E-state index contributed by atoms with van der Waals surface area (Å²) in [4.78, 5) is 8.08. The largest absolute Gasteiger partial charge is 0.365 e. The lowest BCUT2D eigenvalue weighted by molar-refractivity contribution is 0.986. The van der Waals surface area contributed by atoms with E-state index in [1.54, 1.807) is 24.8 Å². The molecular formula is C8H9N5. The fraction of sp³-hybridized carbons (Fsp3) is 0.125. The minimum absolute atomic E-state index is 0.649. The molecule has 0 unspecified atom stereocenters. The number of nitrogens with one attached hydrogen (secondary N) is 2. The average molecular weight is 175 g/mol. The van der Waals surface area contributed by atoms with Crippen molar-refractivity contribution in [3.8, 4) is 0 Å². The second-order valence-electron chi connectivity index (χ2n) is 2.52. The van der Waals surface area contributed by atoms with E-state index in [4.69, 9.17) is 0 Å². The molecule has 0 saturated heterocycles. The van der Waals surface area contributed by atoms with Crippen molar-refractivity contribution in [3.05, 3.63) is 36.5 Å². The first-order valence-electron chi connectivity index (χ1n) is 3.93. The van der Waals surface area contributed by atoms with E-state index in [1.165, 1.54) is 0 Å². The van der Waals surface area contributed by atoms with Crippen molar-refractivity contribution in [2.24, 2.45) is 0 Å². The molecule has 13 heavy (non-hydrogen) atoms. The number of aromatic nitrogens is 4. The number of H-pyrrole nitrogens is 1. The quantitative estimate of drug-likeness (QED) is 0.724. The van der Waals surface area contributed by atoms with Crippen molar-refractivity contribution >= 4 is 5.82 Å². The Balaban J connectivity index is 1.94. The first-order chi connectivity index (χ1) is 6.45. The van der Waals surface area contributed by atoms with Crippen molar-refractivity contribution in [1.29, 1.82) is 0 Å². The van der Waals surface area contributed by atoms with Gasteiger partial charge in [0.15, 0.2) is 0 Å². The van der Waals surface area contributed by atoms with Gasteiger partial charge >= 0.3 is 0 Å². The normalized spacial score (nSPS) is 9.85. The first-order valence-corrected chi connectivity index (χ1v) is 3.93. The zero-order chi connectivity index (χ0) is 8.93. The summed E-state index contributed by atoms with van der Waals surface area (Å²) < 4.78 is 0. The van der Waals surface area contributed by atoms with Gasteiger partial charge in [-0.05, 0) is 6.07 Å². The maximum Gasteiger partial charge on any atom is 0.121 e. The van der Waals surface area contributed by atoms with Gasteiger partial charge in [-0.25, -0.2) is 0 Å². The van der Waals surface area contributed by atoms with E-state index in [1.807, 2.05) is 6.07 Å². The van der Waals surface area contributed by atoms with Crippen LogP contribution in [0.2, 0.25) is 0 Å². The number of rotatable bonds is 3. The van der Waals surface area contributed by atoms with E-state index in [0.717, 1.165) is 11.5 Å². The van der Waals surface area contributed by atoms with E-state index in [0.29, 0.717) is 6.54 Å². The topological polar surface area (TPSA) is 66.5 Å². The predicted octanol–water partition coefficient (Wildman–Crippen LogP) is 0.812. The number of hydrogen-bond acceptors (Lipinski definition) is 4. The van der Waals surface area contributed by atoms with Crippen LogP contribution in [0.15, 0.2) is 30.9 Å². The third kappa shape index (κ3) is 2.02. The summed E-state index contributed by atoms with van der Waals surface area (Å²) in [6, 6.07) is 1.86. The van der Waals surface area contributed by atoms with Crippen LogP contribution in [0.4, 0.5) is 5.82 Å². The van der Waals surface area contributed by atoms with Crippen LogP contribution in [0, 0.1) is 0 Å². The lowest BCUT2D eigenvalue weighted by Crippen LogP contribution is -2.01. The van der Waals surface area contributed by atoms with Gasteiger partial charge < -0.3 is 5.32 Å². The molecule has 0 fully saturated rings. The monoisotopic (exact) mass is 175 g/mol. The number of nitrogens with zero attached hydrogens (tertiary/aromatic N) is 3. The Kier molecular flexibility index (Phi) is 2.18. The summed E-state index contributed by atoms with van der Waals surface area (Å²) in [5.74, 6) is 0.880. The molecule has 0 spiro atoms. The SMILES string of the molecule is c1cnc(CNc2ccn[nH]2)cn1. The third-order valence-corrected chi connectivity index (χ3v) is 1.58. The Bertz CT molecular complexity index is 342. The van der Waals surface area contributed by atoms with Crippen molar-refractivity contribution in [2.45, 2.75) is 6.54 Å². The van der Waals surface area contributed by atoms with Crippen LogP contribution < -0.4 is 5.32 Å². The van der Waals surface area contributed by atoms with E-state index in [2.05, 4.69) is 25.5 Å². The fourth-order valence-electron chi connectivity index (χ4n) is 0.961. The molecule has 2 N–H and O–H groups in total. The van der Waals surface area contributed by atoms with Gasteiger partial charge in [-0.15, -0.1) is 0 Å². The molecular weight excluding hydrogens is 166 g/mol. The van der Waals surface area contributed by atoms with Crippen molar-refractivity contribution in [1.82, 2.24) is 20.2 Å². The molecule has 2 aromatic rings. The van der Waals surface area contributed by atoms with E-state index in [-0.39, 0.29) is 0 Å². The molecule has 0 aliphatic rings.